The van der Waals surface area contributed by atoms with Gasteiger partial charge in [-0.25, -0.2) is 0 Å². The van der Waals surface area contributed by atoms with E-state index in [-0.39, 0.29) is 18.0 Å². The van der Waals surface area contributed by atoms with Crippen molar-refractivity contribution in [3.8, 4) is 23.0 Å². The smallest absolute Gasteiger partial charge is 0.234 e. The minimum Gasteiger partial charge on any atom is -0.493 e. The fraction of sp³-hybridized carbons (Fsp3) is 0.382. The highest BCUT2D eigenvalue weighted by molar-refractivity contribution is 5.79. The predicted molar refractivity (Wildman–Crippen MR) is 160 cm³/mol. The Morgan fingerprint density at radius 3 is 2.49 bits per heavy atom. The fourth-order valence-corrected chi connectivity index (χ4v) is 6.18. The van der Waals surface area contributed by atoms with Crippen LogP contribution in [0.1, 0.15) is 52.7 Å². The molecule has 1 N–H and O–H groups in total. The van der Waals surface area contributed by atoms with Crippen molar-refractivity contribution < 1.29 is 23.7 Å². The number of nitrogens with one attached hydrogen (secondary N) is 1. The van der Waals surface area contributed by atoms with Gasteiger partial charge >= 0.3 is 0 Å². The third-order valence-corrected chi connectivity index (χ3v) is 8.17. The topological polar surface area (TPSA) is 69.3 Å². The Morgan fingerprint density at radius 1 is 0.927 bits per heavy atom. The number of nitrogens with zero attached hydrogens (tertiary/aromatic N) is 1. The van der Waals surface area contributed by atoms with Gasteiger partial charge in [-0.05, 0) is 90.7 Å². The number of carbonyl (C=O) groups is 1. The molecule has 2 unspecified atom stereocenters. The van der Waals surface area contributed by atoms with Crippen molar-refractivity contribution in [1.29, 1.82) is 0 Å². The molecule has 41 heavy (non-hydrogen) atoms. The molecule has 0 saturated heterocycles. The van der Waals surface area contributed by atoms with E-state index in [1.165, 1.54) is 16.7 Å². The maximum Gasteiger partial charge on any atom is 0.234 e. The van der Waals surface area contributed by atoms with Crippen molar-refractivity contribution in [3.63, 3.8) is 0 Å². The van der Waals surface area contributed by atoms with Crippen molar-refractivity contribution in [2.75, 3.05) is 41.0 Å². The zero-order chi connectivity index (χ0) is 28.8. The third kappa shape index (κ3) is 6.35. The first-order chi connectivity index (χ1) is 20.0. The summed E-state index contributed by atoms with van der Waals surface area (Å²) in [5, 5.41) is 3.33. The average molecular weight is 557 g/mol. The second kappa shape index (κ2) is 13.1. The lowest BCUT2D eigenvalue weighted by Gasteiger charge is -2.32. The predicted octanol–water partition coefficient (Wildman–Crippen LogP) is 5.61. The van der Waals surface area contributed by atoms with Crippen LogP contribution in [0.2, 0.25) is 0 Å². The zero-order valence-electron chi connectivity index (χ0n) is 24.3. The molecule has 1 aliphatic carbocycles. The maximum atomic E-state index is 13.5. The zero-order valence-corrected chi connectivity index (χ0v) is 24.3. The van der Waals surface area contributed by atoms with Gasteiger partial charge in [0.1, 0.15) is 6.61 Å². The number of hydrogen-bond donors (Lipinski definition) is 1. The van der Waals surface area contributed by atoms with E-state index in [2.05, 4.69) is 59.3 Å². The molecule has 0 radical (unpaired) electrons. The summed E-state index contributed by atoms with van der Waals surface area (Å²) in [5.41, 5.74) is 6.02. The van der Waals surface area contributed by atoms with Crippen LogP contribution >= 0.6 is 0 Å². The molecule has 216 valence electrons. The van der Waals surface area contributed by atoms with E-state index in [4.69, 9.17) is 18.9 Å². The van der Waals surface area contributed by atoms with E-state index in [9.17, 15) is 4.79 Å². The number of methoxy groups -OCH3 is 3. The van der Waals surface area contributed by atoms with Gasteiger partial charge in [0.05, 0.1) is 33.9 Å². The van der Waals surface area contributed by atoms with E-state index in [1.54, 1.807) is 27.4 Å². The van der Waals surface area contributed by atoms with Gasteiger partial charge in [-0.2, -0.15) is 0 Å². The minimum absolute atomic E-state index is 0.0455. The lowest BCUT2D eigenvalue weighted by Crippen LogP contribution is -2.41. The molecule has 0 spiro atoms. The number of fused-ring (bicyclic) bond motifs is 2. The van der Waals surface area contributed by atoms with Gasteiger partial charge < -0.3 is 24.3 Å². The number of aryl methyl sites for hydroxylation is 2. The van der Waals surface area contributed by atoms with Crippen LogP contribution in [0.15, 0.2) is 67.3 Å². The summed E-state index contributed by atoms with van der Waals surface area (Å²) in [6.07, 6.45) is 6.18. The van der Waals surface area contributed by atoms with Gasteiger partial charge in [0, 0.05) is 6.04 Å². The molecule has 7 heteroatoms. The average Bonchev–Trinajstić information content (AvgIpc) is 3.33. The van der Waals surface area contributed by atoms with E-state index in [1.807, 2.05) is 12.1 Å². The van der Waals surface area contributed by atoms with Crippen LogP contribution in [0.25, 0.3) is 0 Å². The van der Waals surface area contributed by atoms with Gasteiger partial charge in [-0.3, -0.25) is 9.69 Å². The lowest BCUT2D eigenvalue weighted by atomic mass is 9.92. The summed E-state index contributed by atoms with van der Waals surface area (Å²) in [6.45, 7) is 5.28. The Bertz CT molecular complexity index is 1390. The highest BCUT2D eigenvalue weighted by Gasteiger charge is 2.31. The summed E-state index contributed by atoms with van der Waals surface area (Å²) in [5.74, 6) is 2.81. The van der Waals surface area contributed by atoms with Gasteiger partial charge in [0.15, 0.2) is 23.0 Å². The highest BCUT2D eigenvalue weighted by Crippen LogP contribution is 2.40. The molecule has 2 aliphatic rings. The summed E-state index contributed by atoms with van der Waals surface area (Å²) in [7, 11) is 4.95. The molecule has 1 amide bonds. The van der Waals surface area contributed by atoms with Gasteiger partial charge in [-0.1, -0.05) is 43.0 Å². The molecule has 7 nitrogen and oxygen atoms in total. The minimum atomic E-state index is -0.0517. The van der Waals surface area contributed by atoms with Crippen molar-refractivity contribution in [2.45, 2.75) is 44.2 Å². The molecule has 2 atom stereocenters. The summed E-state index contributed by atoms with van der Waals surface area (Å²) in [6, 6.07) is 18.6. The van der Waals surface area contributed by atoms with Crippen LogP contribution < -0.4 is 24.3 Å². The van der Waals surface area contributed by atoms with E-state index >= 15 is 0 Å². The number of carbonyl (C=O) groups excluding carboxylic acids is 1. The number of ether oxygens (including phenoxy) is 4. The Morgan fingerprint density at radius 2 is 1.71 bits per heavy atom. The first-order valence-corrected chi connectivity index (χ1v) is 14.3. The largest absolute Gasteiger partial charge is 0.493 e. The Hall–Kier alpha value is -3.97. The van der Waals surface area contributed by atoms with Crippen LogP contribution in [0.5, 0.6) is 23.0 Å². The van der Waals surface area contributed by atoms with Crippen molar-refractivity contribution in [2.24, 2.45) is 0 Å². The second-order valence-corrected chi connectivity index (χ2v) is 10.6. The fourth-order valence-electron chi connectivity index (χ4n) is 6.18. The first kappa shape index (κ1) is 28.6. The molecule has 5 rings (SSSR count). The van der Waals surface area contributed by atoms with Crippen LogP contribution in [-0.2, 0) is 24.1 Å². The Labute approximate surface area is 243 Å². The van der Waals surface area contributed by atoms with E-state index in [0.717, 1.165) is 43.4 Å². The van der Waals surface area contributed by atoms with Crippen molar-refractivity contribution >= 4 is 5.91 Å². The molecule has 0 aromatic heterocycles. The van der Waals surface area contributed by atoms with Gasteiger partial charge in [0.2, 0.25) is 5.91 Å². The number of benzene rings is 3. The maximum absolute atomic E-state index is 13.5. The van der Waals surface area contributed by atoms with Gasteiger partial charge in [0.25, 0.3) is 0 Å². The molecule has 0 fully saturated rings. The van der Waals surface area contributed by atoms with Crippen molar-refractivity contribution in [3.05, 3.63) is 95.1 Å². The van der Waals surface area contributed by atoms with Crippen LogP contribution in [0.4, 0.5) is 0 Å². The van der Waals surface area contributed by atoms with Crippen molar-refractivity contribution in [1.82, 2.24) is 10.2 Å². The highest BCUT2D eigenvalue weighted by atomic mass is 16.5. The SMILES string of the molecule is C=CCOc1cc2c(cc1OC)CCCN(CC(=O)NC1CCc3ccccc31)C2Cc1ccc(OC)c(OC)c1. The first-order valence-electron chi connectivity index (χ1n) is 14.3. The molecule has 0 saturated carbocycles. The quantitative estimate of drug-likeness (QED) is 0.310. The molecule has 0 bridgehead atoms. The number of amides is 1. The third-order valence-electron chi connectivity index (χ3n) is 8.17. The summed E-state index contributed by atoms with van der Waals surface area (Å²) >= 11 is 0. The summed E-state index contributed by atoms with van der Waals surface area (Å²) in [4.78, 5) is 15.9. The lowest BCUT2D eigenvalue weighted by molar-refractivity contribution is -0.123. The number of hydrogen-bond acceptors (Lipinski definition) is 6. The Kier molecular flexibility index (Phi) is 9.14. The summed E-state index contributed by atoms with van der Waals surface area (Å²) < 4.78 is 22.8. The number of rotatable bonds is 11. The second-order valence-electron chi connectivity index (χ2n) is 10.6. The molecule has 1 aliphatic heterocycles. The van der Waals surface area contributed by atoms with Crippen LogP contribution in [0, 0.1) is 0 Å². The molecular formula is C34H40N2O5. The van der Waals surface area contributed by atoms with E-state index in [0.29, 0.717) is 42.6 Å². The van der Waals surface area contributed by atoms with E-state index < -0.39 is 0 Å². The Balaban J connectivity index is 1.46. The monoisotopic (exact) mass is 556 g/mol. The van der Waals surface area contributed by atoms with Crippen LogP contribution in [-0.4, -0.2) is 51.8 Å². The molecule has 3 aromatic carbocycles. The van der Waals surface area contributed by atoms with Gasteiger partial charge in [-0.15, -0.1) is 0 Å². The molecule has 3 aromatic rings. The normalized spacial score (nSPS) is 18.0. The molecular weight excluding hydrogens is 516 g/mol. The van der Waals surface area contributed by atoms with Crippen LogP contribution in [0.3, 0.4) is 0 Å². The standard InChI is InChI=1S/C34H40N2O5/c1-5-17-41-33-21-27-25(20-32(33)40-4)10-8-16-36(29(27)18-23-12-15-30(38-2)31(19-23)39-3)22-34(37)35-28-14-13-24-9-6-7-11-26(24)28/h5-7,9,11-12,15,19-21,28-29H,1,8,10,13-14,16-18,22H2,2-4H3,(H,35,37). The molecule has 1 heterocycles.